The summed E-state index contributed by atoms with van der Waals surface area (Å²) in [5.41, 5.74) is 2.09. The van der Waals surface area contributed by atoms with Crippen molar-refractivity contribution in [1.29, 1.82) is 0 Å². The van der Waals surface area contributed by atoms with E-state index < -0.39 is 0 Å². The molecule has 1 aromatic heterocycles. The lowest BCUT2D eigenvalue weighted by Gasteiger charge is -2.38. The van der Waals surface area contributed by atoms with Gasteiger partial charge in [-0.05, 0) is 37.0 Å². The van der Waals surface area contributed by atoms with E-state index in [1.807, 2.05) is 29.2 Å². The molecule has 2 aliphatic rings. The van der Waals surface area contributed by atoms with Crippen LogP contribution in [0.1, 0.15) is 19.3 Å². The third-order valence-electron chi connectivity index (χ3n) is 5.05. The normalized spacial score (nSPS) is 16.6. The van der Waals surface area contributed by atoms with E-state index in [0.29, 0.717) is 19.5 Å². The van der Waals surface area contributed by atoms with Crippen LogP contribution in [0.25, 0.3) is 0 Å². The molecule has 0 N–H and O–H groups in total. The highest BCUT2D eigenvalue weighted by molar-refractivity contribution is 5.97. The van der Waals surface area contributed by atoms with Gasteiger partial charge < -0.3 is 14.4 Å². The molecule has 1 fully saturated rings. The molecular weight excluding hydrogens is 314 g/mol. The number of hydrogen-bond donors (Lipinski definition) is 0. The van der Waals surface area contributed by atoms with Gasteiger partial charge in [-0.2, -0.15) is 0 Å². The zero-order chi connectivity index (χ0) is 17.2. The Morgan fingerprint density at radius 3 is 2.52 bits per heavy atom. The molecule has 25 heavy (non-hydrogen) atoms. The molecule has 4 rings (SSSR count). The predicted molar refractivity (Wildman–Crippen MR) is 99.1 cm³/mol. The van der Waals surface area contributed by atoms with Gasteiger partial charge in [-0.3, -0.25) is 9.59 Å². The monoisotopic (exact) mass is 337 g/mol. The number of rotatable bonds is 5. The van der Waals surface area contributed by atoms with Gasteiger partial charge >= 0.3 is 0 Å². The summed E-state index contributed by atoms with van der Waals surface area (Å²) in [5.74, 6) is 0.898. The van der Waals surface area contributed by atoms with Crippen LogP contribution in [0.15, 0.2) is 53.5 Å². The summed E-state index contributed by atoms with van der Waals surface area (Å²) in [6.07, 6.45) is 4.72. The molecule has 0 spiro atoms. The molecule has 1 aromatic carbocycles. The zero-order valence-corrected chi connectivity index (χ0v) is 14.3. The van der Waals surface area contributed by atoms with Crippen molar-refractivity contribution >= 4 is 17.3 Å². The lowest BCUT2D eigenvalue weighted by Crippen LogP contribution is -2.45. The summed E-state index contributed by atoms with van der Waals surface area (Å²) in [5, 5.41) is 0. The fourth-order valence-corrected chi connectivity index (χ4v) is 3.48. The summed E-state index contributed by atoms with van der Waals surface area (Å²) in [6, 6.07) is 13.2. The maximum atomic E-state index is 12.8. The second-order valence-electron chi connectivity index (χ2n) is 6.91. The average molecular weight is 337 g/mol. The molecule has 0 saturated heterocycles. The quantitative estimate of drug-likeness (QED) is 0.842. The molecule has 1 saturated carbocycles. The summed E-state index contributed by atoms with van der Waals surface area (Å²) in [7, 11) is 0. The Hall–Kier alpha value is -2.56. The second-order valence-corrected chi connectivity index (χ2v) is 6.91. The number of fused-ring (bicyclic) bond motifs is 1. The Bertz CT molecular complexity index is 825. The van der Waals surface area contributed by atoms with Gasteiger partial charge in [0.25, 0.3) is 5.56 Å². The van der Waals surface area contributed by atoms with Crippen LogP contribution in [0, 0.1) is 5.92 Å². The van der Waals surface area contributed by atoms with Crippen molar-refractivity contribution in [2.24, 2.45) is 5.92 Å². The number of pyridine rings is 1. The first-order chi connectivity index (χ1) is 12.2. The van der Waals surface area contributed by atoms with Crippen LogP contribution < -0.4 is 15.4 Å². The van der Waals surface area contributed by atoms with Crippen LogP contribution >= 0.6 is 0 Å². The molecule has 2 aromatic rings. The maximum Gasteiger partial charge on any atom is 0.250 e. The molecule has 1 aliphatic heterocycles. The number of amides is 1. The van der Waals surface area contributed by atoms with Crippen LogP contribution in [0.4, 0.5) is 11.4 Å². The van der Waals surface area contributed by atoms with Gasteiger partial charge in [0.15, 0.2) is 0 Å². The predicted octanol–water partition coefficient (Wildman–Crippen LogP) is 2.50. The zero-order valence-electron chi connectivity index (χ0n) is 14.3. The molecule has 0 bridgehead atoms. The van der Waals surface area contributed by atoms with E-state index in [2.05, 4.69) is 11.0 Å². The van der Waals surface area contributed by atoms with E-state index in [9.17, 15) is 9.59 Å². The number of aryl methyl sites for hydroxylation is 1. The van der Waals surface area contributed by atoms with Crippen LogP contribution in [0.5, 0.6) is 0 Å². The van der Waals surface area contributed by atoms with Crippen molar-refractivity contribution in [3.63, 3.8) is 0 Å². The van der Waals surface area contributed by atoms with E-state index in [1.165, 1.54) is 18.9 Å². The molecule has 5 nitrogen and oxygen atoms in total. The molecule has 2 heterocycles. The molecule has 0 unspecified atom stereocenters. The molecule has 1 amide bonds. The van der Waals surface area contributed by atoms with Gasteiger partial charge in [0.1, 0.15) is 0 Å². The van der Waals surface area contributed by atoms with Crippen molar-refractivity contribution in [2.75, 3.05) is 29.4 Å². The number of nitrogens with zero attached hydrogens (tertiary/aromatic N) is 3. The summed E-state index contributed by atoms with van der Waals surface area (Å²) >= 11 is 0. The standard InChI is InChI=1S/C20H23N3O2/c24-19-7-3-4-11-21(19)12-10-20(25)23-14-13-22(15-16-8-9-16)17-5-1-2-6-18(17)23/h1-7,11,16H,8-10,12-15H2. The highest BCUT2D eigenvalue weighted by atomic mass is 16.2. The minimum atomic E-state index is -0.0649. The van der Waals surface area contributed by atoms with Gasteiger partial charge in [-0.15, -0.1) is 0 Å². The summed E-state index contributed by atoms with van der Waals surface area (Å²) in [4.78, 5) is 28.9. The lowest BCUT2D eigenvalue weighted by atomic mass is 10.1. The van der Waals surface area contributed by atoms with E-state index in [-0.39, 0.29) is 11.5 Å². The first kappa shape index (κ1) is 15.9. The summed E-state index contributed by atoms with van der Waals surface area (Å²) in [6.45, 7) is 3.11. The number of carbonyl (C=O) groups is 1. The molecule has 130 valence electrons. The van der Waals surface area contributed by atoms with Crippen molar-refractivity contribution in [3.8, 4) is 0 Å². The van der Waals surface area contributed by atoms with Crippen LogP contribution in [0.2, 0.25) is 0 Å². The van der Waals surface area contributed by atoms with Gasteiger partial charge in [-0.25, -0.2) is 0 Å². The largest absolute Gasteiger partial charge is 0.368 e. The van der Waals surface area contributed by atoms with Gasteiger partial charge in [0, 0.05) is 44.9 Å². The number of benzene rings is 1. The van der Waals surface area contributed by atoms with Crippen molar-refractivity contribution < 1.29 is 4.79 Å². The highest BCUT2D eigenvalue weighted by Crippen LogP contribution is 2.37. The number of anilines is 2. The Balaban J connectivity index is 1.48. The maximum absolute atomic E-state index is 12.8. The van der Waals surface area contributed by atoms with Crippen molar-refractivity contribution in [1.82, 2.24) is 4.57 Å². The minimum Gasteiger partial charge on any atom is -0.368 e. The molecule has 1 aliphatic carbocycles. The fraction of sp³-hybridized carbons (Fsp3) is 0.400. The van der Waals surface area contributed by atoms with Crippen LogP contribution in [-0.4, -0.2) is 30.1 Å². The average Bonchev–Trinajstić information content (AvgIpc) is 3.45. The van der Waals surface area contributed by atoms with Crippen LogP contribution in [-0.2, 0) is 11.3 Å². The molecular formula is C20H23N3O2. The van der Waals surface area contributed by atoms with Crippen molar-refractivity contribution in [2.45, 2.75) is 25.8 Å². The third-order valence-corrected chi connectivity index (χ3v) is 5.05. The molecule has 0 radical (unpaired) electrons. The Morgan fingerprint density at radius 1 is 1.00 bits per heavy atom. The summed E-state index contributed by atoms with van der Waals surface area (Å²) < 4.78 is 1.59. The number of para-hydroxylation sites is 2. The lowest BCUT2D eigenvalue weighted by molar-refractivity contribution is -0.118. The number of carbonyl (C=O) groups excluding carboxylic acids is 1. The second kappa shape index (κ2) is 6.75. The van der Waals surface area contributed by atoms with Gasteiger partial charge in [0.05, 0.1) is 11.4 Å². The molecule has 0 atom stereocenters. The first-order valence-electron chi connectivity index (χ1n) is 9.02. The Labute approximate surface area is 147 Å². The molecule has 5 heteroatoms. The fourth-order valence-electron chi connectivity index (χ4n) is 3.48. The number of hydrogen-bond acceptors (Lipinski definition) is 3. The van der Waals surface area contributed by atoms with E-state index in [0.717, 1.165) is 30.4 Å². The highest BCUT2D eigenvalue weighted by Gasteiger charge is 2.30. The third kappa shape index (κ3) is 3.45. The van der Waals surface area contributed by atoms with E-state index in [1.54, 1.807) is 16.8 Å². The van der Waals surface area contributed by atoms with Gasteiger partial charge in [0.2, 0.25) is 5.91 Å². The topological polar surface area (TPSA) is 45.6 Å². The smallest absolute Gasteiger partial charge is 0.250 e. The van der Waals surface area contributed by atoms with Crippen LogP contribution in [0.3, 0.4) is 0 Å². The van der Waals surface area contributed by atoms with E-state index in [4.69, 9.17) is 0 Å². The van der Waals surface area contributed by atoms with E-state index >= 15 is 0 Å². The Morgan fingerprint density at radius 2 is 1.76 bits per heavy atom. The Kier molecular flexibility index (Phi) is 4.30. The minimum absolute atomic E-state index is 0.0649. The SMILES string of the molecule is O=C(CCn1ccccc1=O)N1CCN(CC2CC2)c2ccccc21. The van der Waals surface area contributed by atoms with Crippen molar-refractivity contribution in [3.05, 3.63) is 59.0 Å². The first-order valence-corrected chi connectivity index (χ1v) is 9.02. The van der Waals surface area contributed by atoms with Gasteiger partial charge in [-0.1, -0.05) is 18.2 Å². The number of aromatic nitrogens is 1.